The highest BCUT2D eigenvalue weighted by atomic mass is 14.9. The smallest absolute Gasteiger partial charge is 0.174 e. The molecule has 3 rings (SSSR count). The molecule has 0 unspecified atom stereocenters. The molecule has 0 spiro atoms. The summed E-state index contributed by atoms with van der Waals surface area (Å²) in [4.78, 5) is 19.0. The molecule has 4 heteroatoms. The van der Waals surface area contributed by atoms with Gasteiger partial charge in [0.05, 0.1) is 28.5 Å². The number of aromatic nitrogens is 2. The van der Waals surface area contributed by atoms with Crippen LogP contribution in [0.3, 0.4) is 0 Å². The molecule has 0 fully saturated rings. The summed E-state index contributed by atoms with van der Waals surface area (Å²) in [6.07, 6.45) is 1.78. The molecule has 0 radical (unpaired) electrons. The monoisotopic (exact) mass is 426 g/mol. The van der Waals surface area contributed by atoms with Crippen LogP contribution in [0.15, 0.2) is 70.8 Å². The Morgan fingerprint density at radius 2 is 1.12 bits per heavy atom. The molecule has 0 amide bonds. The SMILES string of the molecule is C/C(=N\c1ccccc1C(C)(C)C)c1ccnc(/C(C)=N/c2ccccc2C(C)(C)C)n1. The first-order valence-corrected chi connectivity index (χ1v) is 11.1. The van der Waals surface area contributed by atoms with Gasteiger partial charge in [-0.3, -0.25) is 4.99 Å². The minimum Gasteiger partial charge on any atom is -0.251 e. The molecule has 0 saturated heterocycles. The van der Waals surface area contributed by atoms with Crippen LogP contribution in [0.1, 0.15) is 78.0 Å². The van der Waals surface area contributed by atoms with Gasteiger partial charge in [-0.1, -0.05) is 77.9 Å². The van der Waals surface area contributed by atoms with Crippen molar-refractivity contribution < 1.29 is 0 Å². The highest BCUT2D eigenvalue weighted by Crippen LogP contribution is 2.32. The quantitative estimate of drug-likeness (QED) is 0.409. The summed E-state index contributed by atoms with van der Waals surface area (Å²) in [6, 6.07) is 18.4. The lowest BCUT2D eigenvalue weighted by Gasteiger charge is -2.21. The lowest BCUT2D eigenvalue weighted by atomic mass is 9.86. The molecular weight excluding hydrogens is 392 g/mol. The Morgan fingerprint density at radius 1 is 0.656 bits per heavy atom. The number of hydrogen-bond donors (Lipinski definition) is 0. The van der Waals surface area contributed by atoms with E-state index in [4.69, 9.17) is 15.0 Å². The van der Waals surface area contributed by atoms with Gasteiger partial charge in [-0.2, -0.15) is 0 Å². The average molecular weight is 427 g/mol. The van der Waals surface area contributed by atoms with Gasteiger partial charge in [-0.15, -0.1) is 0 Å². The molecule has 0 bridgehead atoms. The Kier molecular flexibility index (Phi) is 6.73. The van der Waals surface area contributed by atoms with Crippen molar-refractivity contribution in [2.45, 2.75) is 66.2 Å². The van der Waals surface area contributed by atoms with Gasteiger partial charge < -0.3 is 0 Å². The normalized spacial score (nSPS) is 13.4. The van der Waals surface area contributed by atoms with E-state index in [-0.39, 0.29) is 10.8 Å². The maximum Gasteiger partial charge on any atom is 0.174 e. The second kappa shape index (κ2) is 9.15. The van der Waals surface area contributed by atoms with Gasteiger partial charge in [0.1, 0.15) is 0 Å². The number of benzene rings is 2. The summed E-state index contributed by atoms with van der Waals surface area (Å²) in [5.74, 6) is 0.616. The molecule has 32 heavy (non-hydrogen) atoms. The zero-order valence-corrected chi connectivity index (χ0v) is 20.6. The fraction of sp³-hybridized carbons (Fsp3) is 0.357. The summed E-state index contributed by atoms with van der Waals surface area (Å²) in [5, 5.41) is 0. The molecule has 0 atom stereocenters. The largest absolute Gasteiger partial charge is 0.251 e. The van der Waals surface area contributed by atoms with E-state index in [2.05, 4.69) is 76.9 Å². The highest BCUT2D eigenvalue weighted by Gasteiger charge is 2.19. The van der Waals surface area contributed by atoms with Crippen molar-refractivity contribution in [2.75, 3.05) is 0 Å². The molecule has 166 valence electrons. The summed E-state index contributed by atoms with van der Waals surface area (Å²) < 4.78 is 0. The van der Waals surface area contributed by atoms with E-state index in [1.165, 1.54) is 11.1 Å². The number of rotatable bonds is 4. The maximum atomic E-state index is 4.91. The fourth-order valence-corrected chi connectivity index (χ4v) is 3.61. The Balaban J connectivity index is 1.98. The molecular formula is C28H34N4. The van der Waals surface area contributed by atoms with Crippen LogP contribution >= 0.6 is 0 Å². The predicted molar refractivity (Wildman–Crippen MR) is 136 cm³/mol. The first kappa shape index (κ1) is 23.5. The average Bonchev–Trinajstić information content (AvgIpc) is 2.73. The predicted octanol–water partition coefficient (Wildman–Crippen LogP) is 7.35. The Bertz CT molecular complexity index is 1070. The van der Waals surface area contributed by atoms with Gasteiger partial charge in [0.15, 0.2) is 5.82 Å². The first-order valence-electron chi connectivity index (χ1n) is 11.1. The number of para-hydroxylation sites is 2. The number of hydrogen-bond acceptors (Lipinski definition) is 4. The minimum atomic E-state index is 0.00672. The van der Waals surface area contributed by atoms with Crippen molar-refractivity contribution in [3.63, 3.8) is 0 Å². The molecule has 0 aliphatic heterocycles. The second-order valence-electron chi connectivity index (χ2n) is 10.2. The van der Waals surface area contributed by atoms with Crippen LogP contribution in [0.4, 0.5) is 11.4 Å². The Labute approximate surface area is 192 Å². The van der Waals surface area contributed by atoms with E-state index in [1.54, 1.807) is 6.20 Å². The zero-order valence-electron chi connectivity index (χ0n) is 20.6. The van der Waals surface area contributed by atoms with E-state index in [0.717, 1.165) is 28.5 Å². The standard InChI is InChI=1S/C28H34N4/c1-19(30-24-15-11-9-13-21(24)27(3,4)5)23-17-18-29-26(32-23)20(2)31-25-16-12-10-14-22(25)28(6,7)8/h9-18H,1-8H3/b30-19+,31-20+. The van der Waals surface area contributed by atoms with Crippen molar-refractivity contribution in [1.82, 2.24) is 9.97 Å². The molecule has 1 aromatic heterocycles. The summed E-state index contributed by atoms with van der Waals surface area (Å²) in [6.45, 7) is 17.2. The van der Waals surface area contributed by atoms with E-state index in [9.17, 15) is 0 Å². The van der Waals surface area contributed by atoms with E-state index in [1.807, 2.05) is 38.1 Å². The van der Waals surface area contributed by atoms with Gasteiger partial charge in [0.25, 0.3) is 0 Å². The van der Waals surface area contributed by atoms with E-state index >= 15 is 0 Å². The van der Waals surface area contributed by atoms with Gasteiger partial charge in [0, 0.05) is 6.20 Å². The van der Waals surface area contributed by atoms with Gasteiger partial charge in [-0.05, 0) is 54.0 Å². The molecule has 4 nitrogen and oxygen atoms in total. The number of nitrogens with zero attached hydrogens (tertiary/aromatic N) is 4. The molecule has 2 aromatic carbocycles. The summed E-state index contributed by atoms with van der Waals surface area (Å²) in [5.41, 5.74) is 6.81. The van der Waals surface area contributed by atoms with Crippen molar-refractivity contribution in [3.8, 4) is 0 Å². The third kappa shape index (κ3) is 5.56. The molecule has 0 N–H and O–H groups in total. The zero-order chi connectivity index (χ0) is 23.5. The van der Waals surface area contributed by atoms with Crippen LogP contribution in [-0.4, -0.2) is 21.4 Å². The van der Waals surface area contributed by atoms with E-state index < -0.39 is 0 Å². The first-order chi connectivity index (χ1) is 15.0. The van der Waals surface area contributed by atoms with Crippen molar-refractivity contribution in [2.24, 2.45) is 9.98 Å². The lowest BCUT2D eigenvalue weighted by Crippen LogP contribution is -2.12. The van der Waals surface area contributed by atoms with Crippen molar-refractivity contribution >= 4 is 22.8 Å². The van der Waals surface area contributed by atoms with Gasteiger partial charge in [0.2, 0.25) is 0 Å². The highest BCUT2D eigenvalue weighted by molar-refractivity contribution is 6.01. The summed E-state index contributed by atoms with van der Waals surface area (Å²) >= 11 is 0. The van der Waals surface area contributed by atoms with Crippen LogP contribution in [0.25, 0.3) is 0 Å². The third-order valence-corrected chi connectivity index (χ3v) is 5.35. The van der Waals surface area contributed by atoms with Crippen LogP contribution in [-0.2, 0) is 10.8 Å². The van der Waals surface area contributed by atoms with Gasteiger partial charge in [-0.25, -0.2) is 15.0 Å². The second-order valence-corrected chi connectivity index (χ2v) is 10.2. The molecule has 0 aliphatic rings. The third-order valence-electron chi connectivity index (χ3n) is 5.35. The molecule has 3 aromatic rings. The fourth-order valence-electron chi connectivity index (χ4n) is 3.61. The molecule has 0 saturated carbocycles. The topological polar surface area (TPSA) is 50.5 Å². The molecule has 1 heterocycles. The number of aliphatic imine (C=N–C) groups is 2. The van der Waals surface area contributed by atoms with Crippen molar-refractivity contribution in [1.29, 1.82) is 0 Å². The van der Waals surface area contributed by atoms with Crippen LogP contribution in [0.2, 0.25) is 0 Å². The Morgan fingerprint density at radius 3 is 1.62 bits per heavy atom. The molecule has 0 aliphatic carbocycles. The van der Waals surface area contributed by atoms with Gasteiger partial charge >= 0.3 is 0 Å². The van der Waals surface area contributed by atoms with Crippen LogP contribution < -0.4 is 0 Å². The Hall–Kier alpha value is -3.14. The summed E-state index contributed by atoms with van der Waals surface area (Å²) in [7, 11) is 0. The van der Waals surface area contributed by atoms with Crippen molar-refractivity contribution in [3.05, 3.63) is 83.4 Å². The minimum absolute atomic E-state index is 0.00672. The maximum absolute atomic E-state index is 4.91. The van der Waals surface area contributed by atoms with E-state index in [0.29, 0.717) is 5.82 Å². The van der Waals surface area contributed by atoms with Crippen LogP contribution in [0.5, 0.6) is 0 Å². The lowest BCUT2D eigenvalue weighted by molar-refractivity contribution is 0.591. The van der Waals surface area contributed by atoms with Crippen LogP contribution in [0, 0.1) is 0 Å².